The molecule has 4 aromatic rings. The lowest BCUT2D eigenvalue weighted by Crippen LogP contribution is -2.42. The van der Waals surface area contributed by atoms with Crippen molar-refractivity contribution in [3.63, 3.8) is 0 Å². The molecule has 4 rings (SSSR count). The fourth-order valence-electron chi connectivity index (χ4n) is 3.75. The number of nitrogens with zero attached hydrogens (tertiary/aromatic N) is 4. The van der Waals surface area contributed by atoms with Crippen molar-refractivity contribution in [2.75, 3.05) is 0 Å². The number of aromatic nitrogens is 4. The predicted molar refractivity (Wildman–Crippen MR) is 121 cm³/mol. The monoisotopic (exact) mass is 428 g/mol. The maximum absolute atomic E-state index is 12.8. The van der Waals surface area contributed by atoms with Crippen LogP contribution in [0, 0.1) is 27.7 Å². The number of nitrogens with one attached hydrogen (secondary N) is 2. The molecular weight excluding hydrogens is 404 g/mol. The van der Waals surface area contributed by atoms with Crippen LogP contribution in [0.15, 0.2) is 60.7 Å². The van der Waals surface area contributed by atoms with E-state index in [9.17, 15) is 9.59 Å². The average Bonchev–Trinajstić information content (AvgIpc) is 3.31. The van der Waals surface area contributed by atoms with E-state index in [1.807, 2.05) is 79.9 Å². The van der Waals surface area contributed by atoms with Gasteiger partial charge in [0, 0.05) is 17.1 Å². The molecule has 0 bridgehead atoms. The van der Waals surface area contributed by atoms with E-state index in [1.165, 1.54) is 0 Å². The molecule has 162 valence electrons. The molecule has 0 saturated heterocycles. The first-order chi connectivity index (χ1) is 15.4. The van der Waals surface area contributed by atoms with E-state index < -0.39 is 11.8 Å². The third-order valence-electron chi connectivity index (χ3n) is 5.34. The normalized spacial score (nSPS) is 10.8. The summed E-state index contributed by atoms with van der Waals surface area (Å²) in [4.78, 5) is 25.4. The zero-order valence-corrected chi connectivity index (χ0v) is 18.4. The highest BCUT2D eigenvalue weighted by Gasteiger charge is 2.20. The van der Waals surface area contributed by atoms with Crippen LogP contribution in [-0.4, -0.2) is 31.4 Å². The highest BCUT2D eigenvalue weighted by molar-refractivity contribution is 5.99. The summed E-state index contributed by atoms with van der Waals surface area (Å²) >= 11 is 0. The van der Waals surface area contributed by atoms with Gasteiger partial charge in [0.15, 0.2) is 5.69 Å². The van der Waals surface area contributed by atoms with E-state index in [4.69, 9.17) is 0 Å². The van der Waals surface area contributed by atoms with Crippen molar-refractivity contribution < 1.29 is 9.59 Å². The molecule has 2 aromatic carbocycles. The van der Waals surface area contributed by atoms with Crippen molar-refractivity contribution in [2.24, 2.45) is 0 Å². The number of rotatable bonds is 4. The van der Waals surface area contributed by atoms with Gasteiger partial charge in [-0.3, -0.25) is 20.4 Å². The van der Waals surface area contributed by atoms with Gasteiger partial charge in [-0.25, -0.2) is 4.68 Å². The molecule has 0 unspecified atom stereocenters. The van der Waals surface area contributed by atoms with Crippen LogP contribution in [0.25, 0.3) is 11.4 Å². The molecule has 0 saturated carbocycles. The topological polar surface area (TPSA) is 93.8 Å². The number of carbonyl (C=O) groups is 2. The lowest BCUT2D eigenvalue weighted by molar-refractivity contribution is 0.0843. The van der Waals surface area contributed by atoms with Crippen LogP contribution in [0.4, 0.5) is 0 Å². The van der Waals surface area contributed by atoms with Crippen LogP contribution in [0.2, 0.25) is 0 Å². The summed E-state index contributed by atoms with van der Waals surface area (Å²) in [6.07, 6.45) is 0. The Balaban J connectivity index is 1.49. The zero-order valence-electron chi connectivity index (χ0n) is 18.4. The molecule has 0 radical (unpaired) electrons. The molecule has 0 aliphatic carbocycles. The molecule has 0 aliphatic heterocycles. The Morgan fingerprint density at radius 3 is 2.19 bits per heavy atom. The van der Waals surface area contributed by atoms with Crippen LogP contribution in [-0.2, 0) is 0 Å². The lowest BCUT2D eigenvalue weighted by atomic mass is 10.2. The summed E-state index contributed by atoms with van der Waals surface area (Å²) in [5, 5.41) is 8.08. The van der Waals surface area contributed by atoms with Crippen molar-refractivity contribution in [3.05, 3.63) is 94.6 Å². The minimum absolute atomic E-state index is 0.140. The second-order valence-corrected chi connectivity index (χ2v) is 7.64. The van der Waals surface area contributed by atoms with Crippen molar-refractivity contribution in [1.82, 2.24) is 30.4 Å². The summed E-state index contributed by atoms with van der Waals surface area (Å²) in [5.41, 5.74) is 10.7. The van der Waals surface area contributed by atoms with E-state index in [1.54, 1.807) is 17.7 Å². The van der Waals surface area contributed by atoms with Crippen LogP contribution in [0.1, 0.15) is 43.5 Å². The van der Waals surface area contributed by atoms with Gasteiger partial charge in [-0.1, -0.05) is 35.5 Å². The third kappa shape index (κ3) is 3.90. The zero-order chi connectivity index (χ0) is 22.8. The Morgan fingerprint density at radius 2 is 1.47 bits per heavy atom. The molecule has 0 aliphatic rings. The van der Waals surface area contributed by atoms with Gasteiger partial charge in [0.1, 0.15) is 0 Å². The van der Waals surface area contributed by atoms with Gasteiger partial charge in [-0.2, -0.15) is 0 Å². The number of para-hydroxylation sites is 1. The molecule has 2 heterocycles. The predicted octanol–water partition coefficient (Wildman–Crippen LogP) is 3.37. The number of carbonyl (C=O) groups excluding carboxylic acids is 2. The van der Waals surface area contributed by atoms with Crippen LogP contribution in [0.3, 0.4) is 0 Å². The van der Waals surface area contributed by atoms with E-state index in [0.717, 1.165) is 28.3 Å². The molecule has 2 aromatic heterocycles. The first-order valence-electron chi connectivity index (χ1n) is 10.2. The van der Waals surface area contributed by atoms with E-state index in [0.29, 0.717) is 11.3 Å². The van der Waals surface area contributed by atoms with Gasteiger partial charge < -0.3 is 4.57 Å². The first kappa shape index (κ1) is 21.0. The number of hydrazine groups is 1. The molecule has 2 N–H and O–H groups in total. The first-order valence-corrected chi connectivity index (χ1v) is 10.2. The largest absolute Gasteiger partial charge is 0.318 e. The minimum Gasteiger partial charge on any atom is -0.318 e. The summed E-state index contributed by atoms with van der Waals surface area (Å²) in [5.74, 6) is -0.941. The molecular formula is C24H24N6O2. The summed E-state index contributed by atoms with van der Waals surface area (Å²) in [6.45, 7) is 7.54. The Morgan fingerprint density at radius 1 is 0.781 bits per heavy atom. The number of amides is 2. The molecule has 8 heteroatoms. The maximum atomic E-state index is 12.8. The summed E-state index contributed by atoms with van der Waals surface area (Å²) in [7, 11) is 0. The Labute approximate surface area is 185 Å². The Bertz CT molecular complexity index is 1300. The van der Waals surface area contributed by atoms with Gasteiger partial charge >= 0.3 is 0 Å². The highest BCUT2D eigenvalue weighted by Crippen LogP contribution is 2.20. The molecule has 2 amide bonds. The van der Waals surface area contributed by atoms with E-state index in [-0.39, 0.29) is 5.69 Å². The van der Waals surface area contributed by atoms with Crippen molar-refractivity contribution in [3.8, 4) is 11.4 Å². The quantitative estimate of drug-likeness (QED) is 0.488. The number of hydrogen-bond acceptors (Lipinski definition) is 4. The standard InChI is InChI=1S/C24H24N6O2/c1-15-9-8-12-20(13-15)30-18(4)22(25-28-30)24(32)27-26-23(31)21-14-16(2)29(17(21)3)19-10-6-5-7-11-19/h5-14H,1-4H3,(H,26,31)(H,27,32). The Kier molecular flexibility index (Phi) is 5.59. The summed E-state index contributed by atoms with van der Waals surface area (Å²) < 4.78 is 3.59. The van der Waals surface area contributed by atoms with Crippen molar-refractivity contribution in [2.45, 2.75) is 27.7 Å². The second-order valence-electron chi connectivity index (χ2n) is 7.64. The van der Waals surface area contributed by atoms with Crippen LogP contribution < -0.4 is 10.9 Å². The number of aryl methyl sites for hydroxylation is 2. The van der Waals surface area contributed by atoms with E-state index >= 15 is 0 Å². The molecule has 0 fully saturated rings. The fourth-order valence-corrected chi connectivity index (χ4v) is 3.75. The number of hydrogen-bond donors (Lipinski definition) is 2. The lowest BCUT2D eigenvalue weighted by Gasteiger charge is -2.10. The van der Waals surface area contributed by atoms with E-state index in [2.05, 4.69) is 21.2 Å². The highest BCUT2D eigenvalue weighted by atomic mass is 16.2. The minimum atomic E-state index is -0.536. The molecule has 32 heavy (non-hydrogen) atoms. The van der Waals surface area contributed by atoms with Gasteiger partial charge in [0.2, 0.25) is 0 Å². The Hall–Kier alpha value is -4.20. The van der Waals surface area contributed by atoms with Gasteiger partial charge in [-0.05, 0) is 63.6 Å². The van der Waals surface area contributed by atoms with Crippen molar-refractivity contribution in [1.29, 1.82) is 0 Å². The average molecular weight is 428 g/mol. The van der Waals surface area contributed by atoms with Gasteiger partial charge in [-0.15, -0.1) is 5.10 Å². The second kappa shape index (κ2) is 8.50. The fraction of sp³-hybridized carbons (Fsp3) is 0.167. The summed E-state index contributed by atoms with van der Waals surface area (Å²) in [6, 6.07) is 19.3. The van der Waals surface area contributed by atoms with Gasteiger partial charge in [0.25, 0.3) is 11.8 Å². The smallest absolute Gasteiger partial charge is 0.292 e. The van der Waals surface area contributed by atoms with Crippen molar-refractivity contribution >= 4 is 11.8 Å². The van der Waals surface area contributed by atoms with Crippen LogP contribution in [0.5, 0.6) is 0 Å². The van der Waals surface area contributed by atoms with Crippen LogP contribution >= 0.6 is 0 Å². The third-order valence-corrected chi connectivity index (χ3v) is 5.34. The molecule has 8 nitrogen and oxygen atoms in total. The molecule has 0 atom stereocenters. The maximum Gasteiger partial charge on any atom is 0.292 e. The number of benzene rings is 2. The van der Waals surface area contributed by atoms with Gasteiger partial charge in [0.05, 0.1) is 16.9 Å². The SMILES string of the molecule is Cc1cccc(-n2nnc(C(=O)NNC(=O)c3cc(C)n(-c4ccccc4)c3C)c2C)c1. The molecule has 0 spiro atoms.